The summed E-state index contributed by atoms with van der Waals surface area (Å²) in [5.41, 5.74) is 2.09. The van der Waals surface area contributed by atoms with Crippen LogP contribution in [0, 0.1) is 12.7 Å². The Balaban J connectivity index is 1.54. The Kier molecular flexibility index (Phi) is 5.22. The van der Waals surface area contributed by atoms with E-state index in [-0.39, 0.29) is 11.7 Å². The molecule has 1 fully saturated rings. The molecule has 0 N–H and O–H groups in total. The predicted molar refractivity (Wildman–Crippen MR) is 96.5 cm³/mol. The number of amides is 1. The second kappa shape index (κ2) is 7.55. The molecule has 1 atom stereocenters. The van der Waals surface area contributed by atoms with Crippen LogP contribution >= 0.6 is 0 Å². The maximum Gasteiger partial charge on any atom is 0.263 e. The monoisotopic (exact) mass is 342 g/mol. The van der Waals surface area contributed by atoms with Crippen molar-refractivity contribution in [2.24, 2.45) is 0 Å². The van der Waals surface area contributed by atoms with Crippen LogP contribution in [0.3, 0.4) is 0 Å². The second-order valence-corrected chi connectivity index (χ2v) is 6.37. The molecule has 0 bridgehead atoms. The summed E-state index contributed by atoms with van der Waals surface area (Å²) in [6.45, 7) is 6.52. The Bertz CT molecular complexity index is 725. The van der Waals surface area contributed by atoms with E-state index in [4.69, 9.17) is 4.74 Å². The molecule has 0 saturated carbocycles. The highest BCUT2D eigenvalue weighted by molar-refractivity contribution is 5.81. The molecule has 0 aliphatic carbocycles. The number of aryl methyl sites for hydroxylation is 1. The van der Waals surface area contributed by atoms with Crippen LogP contribution in [-0.4, -0.2) is 43.1 Å². The number of hydrogen-bond donors (Lipinski definition) is 0. The first-order chi connectivity index (χ1) is 12.0. The highest BCUT2D eigenvalue weighted by Crippen LogP contribution is 2.19. The first-order valence-corrected chi connectivity index (χ1v) is 8.55. The van der Waals surface area contributed by atoms with Gasteiger partial charge in [0.1, 0.15) is 11.6 Å². The van der Waals surface area contributed by atoms with Crippen molar-refractivity contribution in [1.82, 2.24) is 4.90 Å². The largest absolute Gasteiger partial charge is 0.481 e. The molecule has 1 unspecified atom stereocenters. The van der Waals surface area contributed by atoms with Gasteiger partial charge in [0.2, 0.25) is 0 Å². The summed E-state index contributed by atoms with van der Waals surface area (Å²) in [6.07, 6.45) is -0.515. The Hall–Kier alpha value is -2.56. The molecule has 5 heteroatoms. The number of rotatable bonds is 4. The van der Waals surface area contributed by atoms with Gasteiger partial charge in [-0.2, -0.15) is 0 Å². The summed E-state index contributed by atoms with van der Waals surface area (Å²) in [5, 5.41) is 0. The molecule has 0 aromatic heterocycles. The molecule has 2 aromatic rings. The Morgan fingerprint density at radius 2 is 1.76 bits per heavy atom. The van der Waals surface area contributed by atoms with E-state index >= 15 is 0 Å². The molecular weight excluding hydrogens is 319 g/mol. The van der Waals surface area contributed by atoms with Gasteiger partial charge in [-0.25, -0.2) is 4.39 Å². The molecule has 0 radical (unpaired) electrons. The number of nitrogens with zero attached hydrogens (tertiary/aromatic N) is 2. The van der Waals surface area contributed by atoms with Crippen LogP contribution in [0.1, 0.15) is 12.5 Å². The molecule has 25 heavy (non-hydrogen) atoms. The SMILES string of the molecule is Cc1cccc(OC(C)C(=O)N2CCN(c3ccc(F)cc3)CC2)c1. The van der Waals surface area contributed by atoms with Crippen molar-refractivity contribution in [3.8, 4) is 5.75 Å². The van der Waals surface area contributed by atoms with Crippen molar-refractivity contribution in [3.63, 3.8) is 0 Å². The fraction of sp³-hybridized carbons (Fsp3) is 0.350. The van der Waals surface area contributed by atoms with Crippen molar-refractivity contribution < 1.29 is 13.9 Å². The molecule has 1 aliphatic rings. The average molecular weight is 342 g/mol. The normalized spacial score (nSPS) is 15.8. The summed E-state index contributed by atoms with van der Waals surface area (Å²) < 4.78 is 18.8. The summed E-state index contributed by atoms with van der Waals surface area (Å²) in [6, 6.07) is 14.2. The van der Waals surface area contributed by atoms with E-state index in [9.17, 15) is 9.18 Å². The van der Waals surface area contributed by atoms with E-state index in [0.717, 1.165) is 24.3 Å². The van der Waals surface area contributed by atoms with Crippen molar-refractivity contribution in [1.29, 1.82) is 0 Å². The summed E-state index contributed by atoms with van der Waals surface area (Å²) in [7, 11) is 0. The van der Waals surface area contributed by atoms with E-state index in [0.29, 0.717) is 18.8 Å². The Labute approximate surface area is 147 Å². The first-order valence-electron chi connectivity index (χ1n) is 8.55. The Morgan fingerprint density at radius 1 is 1.08 bits per heavy atom. The van der Waals surface area contributed by atoms with Crippen molar-refractivity contribution in [3.05, 3.63) is 59.9 Å². The van der Waals surface area contributed by atoms with Gasteiger partial charge in [-0.3, -0.25) is 4.79 Å². The third-order valence-corrected chi connectivity index (χ3v) is 4.43. The van der Waals surface area contributed by atoms with Crippen molar-refractivity contribution >= 4 is 11.6 Å². The van der Waals surface area contributed by atoms with Crippen LogP contribution in [0.4, 0.5) is 10.1 Å². The number of benzene rings is 2. The van der Waals surface area contributed by atoms with Crippen LogP contribution in [0.15, 0.2) is 48.5 Å². The van der Waals surface area contributed by atoms with E-state index < -0.39 is 6.10 Å². The lowest BCUT2D eigenvalue weighted by Crippen LogP contribution is -2.52. The second-order valence-electron chi connectivity index (χ2n) is 6.37. The maximum atomic E-state index is 13.0. The van der Waals surface area contributed by atoms with E-state index in [1.165, 1.54) is 12.1 Å². The van der Waals surface area contributed by atoms with Gasteiger partial charge in [-0.05, 0) is 55.8 Å². The third kappa shape index (κ3) is 4.29. The molecule has 1 amide bonds. The van der Waals surface area contributed by atoms with Gasteiger partial charge < -0.3 is 14.5 Å². The number of anilines is 1. The molecule has 3 rings (SSSR count). The predicted octanol–water partition coefficient (Wildman–Crippen LogP) is 3.25. The van der Waals surface area contributed by atoms with Gasteiger partial charge in [0, 0.05) is 31.9 Å². The number of ether oxygens (including phenoxy) is 1. The van der Waals surface area contributed by atoms with Gasteiger partial charge >= 0.3 is 0 Å². The van der Waals surface area contributed by atoms with Gasteiger partial charge in [0.15, 0.2) is 6.10 Å². The minimum atomic E-state index is -0.515. The van der Waals surface area contributed by atoms with Crippen LogP contribution < -0.4 is 9.64 Å². The number of piperazine rings is 1. The third-order valence-electron chi connectivity index (χ3n) is 4.43. The summed E-state index contributed by atoms with van der Waals surface area (Å²) in [5.74, 6) is 0.478. The van der Waals surface area contributed by atoms with E-state index in [1.807, 2.05) is 36.1 Å². The van der Waals surface area contributed by atoms with Gasteiger partial charge in [0.05, 0.1) is 0 Å². The van der Waals surface area contributed by atoms with Gasteiger partial charge in [-0.1, -0.05) is 12.1 Å². The molecule has 1 aliphatic heterocycles. The number of hydrogen-bond acceptors (Lipinski definition) is 3. The number of carbonyl (C=O) groups is 1. The fourth-order valence-corrected chi connectivity index (χ4v) is 3.04. The molecule has 0 spiro atoms. The van der Waals surface area contributed by atoms with Gasteiger partial charge in [-0.15, -0.1) is 0 Å². The zero-order valence-corrected chi connectivity index (χ0v) is 14.6. The van der Waals surface area contributed by atoms with Crippen molar-refractivity contribution in [2.75, 3.05) is 31.1 Å². The molecule has 2 aromatic carbocycles. The van der Waals surface area contributed by atoms with Crippen LogP contribution in [0.25, 0.3) is 0 Å². The van der Waals surface area contributed by atoms with E-state index in [2.05, 4.69) is 4.90 Å². The minimum Gasteiger partial charge on any atom is -0.481 e. The smallest absolute Gasteiger partial charge is 0.263 e. The van der Waals surface area contributed by atoms with E-state index in [1.54, 1.807) is 19.1 Å². The summed E-state index contributed by atoms with van der Waals surface area (Å²) in [4.78, 5) is 16.6. The zero-order valence-electron chi connectivity index (χ0n) is 14.6. The molecule has 4 nitrogen and oxygen atoms in total. The molecule has 132 valence electrons. The lowest BCUT2D eigenvalue weighted by molar-refractivity contribution is -0.138. The van der Waals surface area contributed by atoms with Crippen LogP contribution in [0.5, 0.6) is 5.75 Å². The standard InChI is InChI=1S/C20H23FN2O2/c1-15-4-3-5-19(14-15)25-16(2)20(24)23-12-10-22(11-13-23)18-8-6-17(21)7-9-18/h3-9,14,16H,10-13H2,1-2H3. The minimum absolute atomic E-state index is 0.000243. The Morgan fingerprint density at radius 3 is 2.40 bits per heavy atom. The summed E-state index contributed by atoms with van der Waals surface area (Å²) >= 11 is 0. The lowest BCUT2D eigenvalue weighted by Gasteiger charge is -2.37. The average Bonchev–Trinajstić information content (AvgIpc) is 2.62. The molecule has 1 heterocycles. The lowest BCUT2D eigenvalue weighted by atomic mass is 10.2. The zero-order chi connectivity index (χ0) is 17.8. The highest BCUT2D eigenvalue weighted by atomic mass is 19.1. The first kappa shape index (κ1) is 17.3. The topological polar surface area (TPSA) is 32.8 Å². The van der Waals surface area contributed by atoms with Crippen molar-refractivity contribution in [2.45, 2.75) is 20.0 Å². The number of halogens is 1. The quantitative estimate of drug-likeness (QED) is 0.855. The van der Waals surface area contributed by atoms with Crippen LogP contribution in [-0.2, 0) is 4.79 Å². The fourth-order valence-electron chi connectivity index (χ4n) is 3.04. The molecular formula is C20H23FN2O2. The number of carbonyl (C=O) groups excluding carboxylic acids is 1. The van der Waals surface area contributed by atoms with Gasteiger partial charge in [0.25, 0.3) is 5.91 Å². The molecule has 1 saturated heterocycles. The highest BCUT2D eigenvalue weighted by Gasteiger charge is 2.26. The maximum absolute atomic E-state index is 13.0. The van der Waals surface area contributed by atoms with Crippen LogP contribution in [0.2, 0.25) is 0 Å².